The van der Waals surface area contributed by atoms with Crippen LogP contribution in [0.5, 0.6) is 0 Å². The molecular formula is C13H31N3O. The van der Waals surface area contributed by atoms with Gasteiger partial charge in [0.1, 0.15) is 0 Å². The van der Waals surface area contributed by atoms with Crippen molar-refractivity contribution in [2.75, 3.05) is 47.8 Å². The summed E-state index contributed by atoms with van der Waals surface area (Å²) in [4.78, 5) is 6.78. The van der Waals surface area contributed by atoms with Crippen LogP contribution in [0.25, 0.3) is 0 Å². The van der Waals surface area contributed by atoms with Gasteiger partial charge in [0, 0.05) is 31.7 Å². The molecule has 0 aromatic rings. The molecule has 0 amide bonds. The van der Waals surface area contributed by atoms with Gasteiger partial charge in [0.2, 0.25) is 0 Å². The number of likely N-dealkylation sites (N-methyl/N-ethyl adjacent to an activating group) is 2. The van der Waals surface area contributed by atoms with Crippen LogP contribution in [0.4, 0.5) is 0 Å². The molecule has 0 aromatic heterocycles. The van der Waals surface area contributed by atoms with Gasteiger partial charge in [0.25, 0.3) is 0 Å². The van der Waals surface area contributed by atoms with E-state index in [-0.39, 0.29) is 6.10 Å². The van der Waals surface area contributed by atoms with Crippen LogP contribution < -0.4 is 0 Å². The minimum Gasteiger partial charge on any atom is -0.392 e. The second kappa shape index (κ2) is 8.03. The van der Waals surface area contributed by atoms with E-state index in [4.69, 9.17) is 0 Å². The van der Waals surface area contributed by atoms with Crippen molar-refractivity contribution in [1.29, 1.82) is 0 Å². The molecule has 1 N–H and O–H groups in total. The highest BCUT2D eigenvalue weighted by Gasteiger charge is 2.17. The fourth-order valence-electron chi connectivity index (χ4n) is 1.67. The zero-order valence-corrected chi connectivity index (χ0v) is 12.6. The summed E-state index contributed by atoms with van der Waals surface area (Å²) in [7, 11) is 8.39. The monoisotopic (exact) mass is 245 g/mol. The van der Waals surface area contributed by atoms with Crippen molar-refractivity contribution in [2.45, 2.75) is 39.0 Å². The first-order valence-corrected chi connectivity index (χ1v) is 6.47. The molecule has 0 aliphatic rings. The minimum absolute atomic E-state index is 0.265. The Labute approximate surface area is 107 Å². The van der Waals surface area contributed by atoms with Crippen molar-refractivity contribution in [1.82, 2.24) is 14.7 Å². The van der Waals surface area contributed by atoms with E-state index in [9.17, 15) is 5.11 Å². The molecule has 3 unspecified atom stereocenters. The highest BCUT2D eigenvalue weighted by molar-refractivity contribution is 4.73. The maximum Gasteiger partial charge on any atom is 0.0639 e. The molecule has 104 valence electrons. The Morgan fingerprint density at radius 1 is 0.765 bits per heavy atom. The molecule has 0 radical (unpaired) electrons. The molecule has 0 saturated carbocycles. The summed E-state index contributed by atoms with van der Waals surface area (Å²) >= 11 is 0. The predicted molar refractivity (Wildman–Crippen MR) is 74.4 cm³/mol. The third-order valence-electron chi connectivity index (χ3n) is 3.33. The SMILES string of the molecule is CC(O)CN(CC(C)N(C)C)CC(C)N(C)C. The van der Waals surface area contributed by atoms with Gasteiger partial charge in [-0.05, 0) is 49.0 Å². The van der Waals surface area contributed by atoms with Crippen LogP contribution in [0, 0.1) is 0 Å². The summed E-state index contributed by atoms with van der Waals surface area (Å²) in [5, 5.41) is 9.56. The summed E-state index contributed by atoms with van der Waals surface area (Å²) in [6.07, 6.45) is -0.265. The average Bonchev–Trinajstić information content (AvgIpc) is 2.15. The number of rotatable bonds is 8. The molecular weight excluding hydrogens is 214 g/mol. The van der Waals surface area contributed by atoms with E-state index in [0.29, 0.717) is 12.1 Å². The van der Waals surface area contributed by atoms with Crippen LogP contribution in [-0.2, 0) is 0 Å². The van der Waals surface area contributed by atoms with Crippen molar-refractivity contribution >= 4 is 0 Å². The van der Waals surface area contributed by atoms with Gasteiger partial charge in [-0.15, -0.1) is 0 Å². The molecule has 0 fully saturated rings. The van der Waals surface area contributed by atoms with E-state index in [1.165, 1.54) is 0 Å². The van der Waals surface area contributed by atoms with Gasteiger partial charge in [0.05, 0.1) is 6.10 Å². The maximum absolute atomic E-state index is 9.56. The third kappa shape index (κ3) is 7.71. The van der Waals surface area contributed by atoms with Crippen molar-refractivity contribution in [3.63, 3.8) is 0 Å². The van der Waals surface area contributed by atoms with Gasteiger partial charge in [0.15, 0.2) is 0 Å². The Kier molecular flexibility index (Phi) is 7.96. The molecule has 4 nitrogen and oxygen atoms in total. The average molecular weight is 245 g/mol. The smallest absolute Gasteiger partial charge is 0.0639 e. The zero-order chi connectivity index (χ0) is 13.6. The largest absolute Gasteiger partial charge is 0.392 e. The third-order valence-corrected chi connectivity index (χ3v) is 3.33. The normalized spacial score (nSPS) is 17.8. The number of aliphatic hydroxyl groups is 1. The lowest BCUT2D eigenvalue weighted by atomic mass is 10.2. The summed E-state index contributed by atoms with van der Waals surface area (Å²) in [5.74, 6) is 0. The summed E-state index contributed by atoms with van der Waals surface area (Å²) < 4.78 is 0. The molecule has 17 heavy (non-hydrogen) atoms. The number of hydrogen-bond acceptors (Lipinski definition) is 4. The molecule has 0 saturated heterocycles. The van der Waals surface area contributed by atoms with Crippen LogP contribution in [-0.4, -0.2) is 85.8 Å². The van der Waals surface area contributed by atoms with Gasteiger partial charge in [-0.25, -0.2) is 0 Å². The second-order valence-electron chi connectivity index (χ2n) is 5.69. The number of hydrogen-bond donors (Lipinski definition) is 1. The molecule has 0 heterocycles. The number of nitrogens with zero attached hydrogens (tertiary/aromatic N) is 3. The van der Waals surface area contributed by atoms with Crippen molar-refractivity contribution in [3.05, 3.63) is 0 Å². The summed E-state index contributed by atoms with van der Waals surface area (Å²) in [5.41, 5.74) is 0. The summed E-state index contributed by atoms with van der Waals surface area (Å²) in [6, 6.07) is 1.01. The van der Waals surface area contributed by atoms with Gasteiger partial charge < -0.3 is 14.9 Å². The van der Waals surface area contributed by atoms with Crippen LogP contribution in [0.3, 0.4) is 0 Å². The predicted octanol–water partition coefficient (Wildman–Crippen LogP) is 0.569. The molecule has 3 atom stereocenters. The van der Waals surface area contributed by atoms with E-state index in [1.807, 2.05) is 6.92 Å². The lowest BCUT2D eigenvalue weighted by Gasteiger charge is -2.33. The van der Waals surface area contributed by atoms with E-state index in [1.54, 1.807) is 0 Å². The van der Waals surface area contributed by atoms with Gasteiger partial charge in [-0.3, -0.25) is 4.90 Å². The van der Waals surface area contributed by atoms with Crippen LogP contribution in [0.15, 0.2) is 0 Å². The van der Waals surface area contributed by atoms with E-state index in [2.05, 4.69) is 56.7 Å². The molecule has 0 bridgehead atoms. The molecule has 0 rings (SSSR count). The molecule has 0 aliphatic carbocycles. The van der Waals surface area contributed by atoms with E-state index < -0.39 is 0 Å². The maximum atomic E-state index is 9.56. The minimum atomic E-state index is -0.265. The Hall–Kier alpha value is -0.160. The van der Waals surface area contributed by atoms with Crippen LogP contribution in [0.1, 0.15) is 20.8 Å². The van der Waals surface area contributed by atoms with Crippen LogP contribution >= 0.6 is 0 Å². The lowest BCUT2D eigenvalue weighted by molar-refractivity contribution is 0.0915. The van der Waals surface area contributed by atoms with Gasteiger partial charge in [-0.2, -0.15) is 0 Å². The standard InChI is InChI=1S/C13H31N3O/c1-11(14(4)5)8-16(10-13(3)17)9-12(2)15(6)7/h11-13,17H,8-10H2,1-7H3. The van der Waals surface area contributed by atoms with Crippen LogP contribution in [0.2, 0.25) is 0 Å². The Morgan fingerprint density at radius 2 is 1.12 bits per heavy atom. The van der Waals surface area contributed by atoms with E-state index in [0.717, 1.165) is 19.6 Å². The van der Waals surface area contributed by atoms with E-state index >= 15 is 0 Å². The first-order chi connectivity index (χ1) is 7.73. The quantitative estimate of drug-likeness (QED) is 0.677. The van der Waals surface area contributed by atoms with Crippen molar-refractivity contribution in [3.8, 4) is 0 Å². The molecule has 0 aromatic carbocycles. The molecule has 0 spiro atoms. The fourth-order valence-corrected chi connectivity index (χ4v) is 1.67. The lowest BCUT2D eigenvalue weighted by Crippen LogP contribution is -2.46. The Bertz CT molecular complexity index is 179. The molecule has 4 heteroatoms. The van der Waals surface area contributed by atoms with Gasteiger partial charge >= 0.3 is 0 Å². The molecule has 0 aliphatic heterocycles. The fraction of sp³-hybridized carbons (Fsp3) is 1.00. The zero-order valence-electron chi connectivity index (χ0n) is 12.6. The van der Waals surface area contributed by atoms with Crippen molar-refractivity contribution < 1.29 is 5.11 Å². The second-order valence-corrected chi connectivity index (χ2v) is 5.69. The Morgan fingerprint density at radius 3 is 1.35 bits per heavy atom. The number of aliphatic hydroxyl groups excluding tert-OH is 1. The first kappa shape index (κ1) is 16.8. The highest BCUT2D eigenvalue weighted by Crippen LogP contribution is 2.03. The van der Waals surface area contributed by atoms with Gasteiger partial charge in [-0.1, -0.05) is 0 Å². The summed E-state index contributed by atoms with van der Waals surface area (Å²) in [6.45, 7) is 9.03. The first-order valence-electron chi connectivity index (χ1n) is 6.47. The Balaban J connectivity index is 4.32. The van der Waals surface area contributed by atoms with Crippen molar-refractivity contribution in [2.24, 2.45) is 0 Å². The highest BCUT2D eigenvalue weighted by atomic mass is 16.3. The topological polar surface area (TPSA) is 30.0 Å².